The van der Waals surface area contributed by atoms with Gasteiger partial charge in [0.05, 0.1) is 23.2 Å². The van der Waals surface area contributed by atoms with Crippen LogP contribution in [0, 0.1) is 0 Å². The zero-order valence-corrected chi connectivity index (χ0v) is 22.2. The summed E-state index contributed by atoms with van der Waals surface area (Å²) in [7, 11) is 1.59. The highest BCUT2D eigenvalue weighted by atomic mass is 35.5. The topological polar surface area (TPSA) is 87.0 Å². The molecule has 6 aromatic rings. The standard InChI is InChI=1S/C31H21Cl2N3O3/c1-39-20-10-6-17(7-11-20)14-27(37)23-15-18-8-12-22-21-4-2-3-5-25(21)34-29(22)28(18)30(31(23)38)36-35-26-16-19(32)9-13-24(26)33/h2-13,15-16,34,38H,14H2,1H3. The summed E-state index contributed by atoms with van der Waals surface area (Å²) in [6.45, 7) is 0. The van der Waals surface area contributed by atoms with E-state index in [1.54, 1.807) is 43.5 Å². The fourth-order valence-corrected chi connectivity index (χ4v) is 5.10. The summed E-state index contributed by atoms with van der Waals surface area (Å²) in [4.78, 5) is 16.9. The fourth-order valence-electron chi connectivity index (χ4n) is 4.78. The first-order valence-electron chi connectivity index (χ1n) is 12.1. The van der Waals surface area contributed by atoms with Crippen LogP contribution in [0.2, 0.25) is 10.0 Å². The molecule has 0 fully saturated rings. The van der Waals surface area contributed by atoms with Gasteiger partial charge in [-0.2, -0.15) is 0 Å². The summed E-state index contributed by atoms with van der Waals surface area (Å²) >= 11 is 12.5. The van der Waals surface area contributed by atoms with Crippen molar-refractivity contribution in [1.82, 2.24) is 4.98 Å². The second-order valence-corrected chi connectivity index (χ2v) is 9.97. The van der Waals surface area contributed by atoms with Crippen molar-refractivity contribution in [1.29, 1.82) is 0 Å². The zero-order chi connectivity index (χ0) is 27.1. The van der Waals surface area contributed by atoms with Gasteiger partial charge in [-0.05, 0) is 53.4 Å². The van der Waals surface area contributed by atoms with Crippen molar-refractivity contribution >= 4 is 72.9 Å². The highest BCUT2D eigenvalue weighted by Crippen LogP contribution is 2.44. The van der Waals surface area contributed by atoms with E-state index in [0.29, 0.717) is 26.9 Å². The summed E-state index contributed by atoms with van der Waals surface area (Å²) in [6.07, 6.45) is 0.0917. The monoisotopic (exact) mass is 553 g/mol. The van der Waals surface area contributed by atoms with Crippen molar-refractivity contribution in [3.05, 3.63) is 106 Å². The van der Waals surface area contributed by atoms with Crippen LogP contribution in [0.4, 0.5) is 11.4 Å². The molecule has 5 aromatic carbocycles. The minimum Gasteiger partial charge on any atom is -0.505 e. The Bertz CT molecular complexity index is 1930. The number of H-pyrrole nitrogens is 1. The molecule has 0 unspecified atom stereocenters. The van der Waals surface area contributed by atoms with Crippen molar-refractivity contribution in [2.45, 2.75) is 6.42 Å². The normalized spacial score (nSPS) is 11.7. The molecule has 0 spiro atoms. The first-order valence-corrected chi connectivity index (χ1v) is 12.9. The number of ether oxygens (including phenoxy) is 1. The average molecular weight is 554 g/mol. The third kappa shape index (κ3) is 4.58. The lowest BCUT2D eigenvalue weighted by atomic mass is 9.96. The summed E-state index contributed by atoms with van der Waals surface area (Å²) in [5.74, 6) is 0.187. The number of phenols is 1. The number of aromatic nitrogens is 1. The van der Waals surface area contributed by atoms with E-state index in [1.807, 2.05) is 48.5 Å². The number of nitrogens with one attached hydrogen (secondary N) is 1. The lowest BCUT2D eigenvalue weighted by molar-refractivity contribution is 0.0990. The maximum Gasteiger partial charge on any atom is 0.171 e. The highest BCUT2D eigenvalue weighted by molar-refractivity contribution is 6.35. The van der Waals surface area contributed by atoms with Gasteiger partial charge in [0, 0.05) is 33.1 Å². The van der Waals surface area contributed by atoms with Crippen LogP contribution >= 0.6 is 23.2 Å². The van der Waals surface area contributed by atoms with Gasteiger partial charge in [0.15, 0.2) is 11.5 Å². The molecule has 0 aliphatic carbocycles. The average Bonchev–Trinajstić information content (AvgIpc) is 3.33. The Morgan fingerprint density at radius 2 is 1.72 bits per heavy atom. The van der Waals surface area contributed by atoms with Crippen LogP contribution in [-0.4, -0.2) is 23.0 Å². The largest absolute Gasteiger partial charge is 0.505 e. The zero-order valence-electron chi connectivity index (χ0n) is 20.7. The van der Waals surface area contributed by atoms with Crippen LogP contribution in [0.1, 0.15) is 15.9 Å². The Labute approximate surface area is 233 Å². The number of carbonyl (C=O) groups excluding carboxylic acids is 1. The quantitative estimate of drug-likeness (QED) is 0.159. The van der Waals surface area contributed by atoms with E-state index in [9.17, 15) is 9.90 Å². The number of aromatic amines is 1. The number of hydrogen-bond donors (Lipinski definition) is 2. The van der Waals surface area contributed by atoms with Gasteiger partial charge in [0.1, 0.15) is 17.1 Å². The number of rotatable bonds is 6. The number of hydrogen-bond acceptors (Lipinski definition) is 5. The molecular weight excluding hydrogens is 533 g/mol. The van der Waals surface area contributed by atoms with Crippen LogP contribution in [0.25, 0.3) is 32.6 Å². The molecule has 1 heterocycles. The summed E-state index contributed by atoms with van der Waals surface area (Å²) < 4.78 is 5.21. The molecule has 192 valence electrons. The number of ketones is 1. The second kappa shape index (κ2) is 10.1. The maximum atomic E-state index is 13.5. The van der Waals surface area contributed by atoms with Crippen molar-refractivity contribution in [3.8, 4) is 11.5 Å². The van der Waals surface area contributed by atoms with E-state index in [4.69, 9.17) is 27.9 Å². The summed E-state index contributed by atoms with van der Waals surface area (Å²) in [6, 6.07) is 25.7. The van der Waals surface area contributed by atoms with Crippen molar-refractivity contribution < 1.29 is 14.6 Å². The number of benzene rings is 5. The molecule has 0 radical (unpaired) electrons. The molecule has 0 bridgehead atoms. The second-order valence-electron chi connectivity index (χ2n) is 9.12. The molecule has 1 aromatic heterocycles. The third-order valence-corrected chi connectivity index (χ3v) is 7.28. The number of halogens is 2. The first-order chi connectivity index (χ1) is 18.9. The summed E-state index contributed by atoms with van der Waals surface area (Å²) in [5, 5.41) is 24.4. The molecule has 0 atom stereocenters. The molecule has 6 rings (SSSR count). The molecule has 39 heavy (non-hydrogen) atoms. The first kappa shape index (κ1) is 24.9. The number of Topliss-reactive ketones (excluding diaryl/α,β-unsaturated/α-hetero) is 1. The number of para-hydroxylation sites is 1. The lowest BCUT2D eigenvalue weighted by Gasteiger charge is -2.11. The minimum atomic E-state index is -0.256. The molecule has 2 N–H and O–H groups in total. The number of fused-ring (bicyclic) bond motifs is 5. The Balaban J connectivity index is 1.56. The van der Waals surface area contributed by atoms with Gasteiger partial charge in [0.2, 0.25) is 0 Å². The fraction of sp³-hybridized carbons (Fsp3) is 0.0645. The molecule has 8 heteroatoms. The predicted molar refractivity (Wildman–Crippen MR) is 157 cm³/mol. The van der Waals surface area contributed by atoms with Crippen molar-refractivity contribution in [2.75, 3.05) is 7.11 Å². The van der Waals surface area contributed by atoms with E-state index >= 15 is 0 Å². The molecule has 0 saturated heterocycles. The van der Waals surface area contributed by atoms with Crippen LogP contribution in [0.15, 0.2) is 95.2 Å². The number of phenolic OH excluding ortho intramolecular Hbond substituents is 1. The number of aromatic hydroxyl groups is 1. The number of carbonyl (C=O) groups is 1. The van der Waals surface area contributed by atoms with Crippen molar-refractivity contribution in [3.63, 3.8) is 0 Å². The number of nitrogens with zero attached hydrogens (tertiary/aromatic N) is 2. The van der Waals surface area contributed by atoms with Gasteiger partial charge in [-0.15, -0.1) is 10.2 Å². The van der Waals surface area contributed by atoms with E-state index < -0.39 is 0 Å². The summed E-state index contributed by atoms with van der Waals surface area (Å²) in [5.41, 5.74) is 3.18. The minimum absolute atomic E-state index is 0.0917. The van der Waals surface area contributed by atoms with Crippen LogP contribution in [0.3, 0.4) is 0 Å². The van der Waals surface area contributed by atoms with Crippen molar-refractivity contribution in [2.24, 2.45) is 10.2 Å². The Morgan fingerprint density at radius 3 is 2.51 bits per heavy atom. The number of azo groups is 1. The van der Waals surface area contributed by atoms with E-state index in [1.165, 1.54) is 0 Å². The van der Waals surface area contributed by atoms with Gasteiger partial charge in [-0.3, -0.25) is 4.79 Å². The maximum absolute atomic E-state index is 13.5. The van der Waals surface area contributed by atoms with Gasteiger partial charge in [-0.25, -0.2) is 0 Å². The molecular formula is C31H21Cl2N3O3. The molecule has 0 aliphatic rings. The molecule has 0 aliphatic heterocycles. The van der Waals surface area contributed by atoms with Crippen LogP contribution in [-0.2, 0) is 6.42 Å². The molecule has 0 amide bonds. The van der Waals surface area contributed by atoms with E-state index in [2.05, 4.69) is 15.2 Å². The van der Waals surface area contributed by atoms with Gasteiger partial charge < -0.3 is 14.8 Å². The Kier molecular flexibility index (Phi) is 6.43. The number of methoxy groups -OCH3 is 1. The smallest absolute Gasteiger partial charge is 0.171 e. The molecule has 6 nitrogen and oxygen atoms in total. The van der Waals surface area contributed by atoms with Crippen LogP contribution in [0.5, 0.6) is 11.5 Å². The third-order valence-electron chi connectivity index (χ3n) is 6.72. The SMILES string of the molecule is COc1ccc(CC(=O)c2cc3ccc4c5ccccc5[nH]c4c3c(N=Nc3cc(Cl)ccc3Cl)c2O)cc1. The lowest BCUT2D eigenvalue weighted by Crippen LogP contribution is -2.04. The van der Waals surface area contributed by atoms with Crippen LogP contribution < -0.4 is 4.74 Å². The van der Waals surface area contributed by atoms with Gasteiger partial charge in [-0.1, -0.05) is 65.7 Å². The van der Waals surface area contributed by atoms with Gasteiger partial charge in [0.25, 0.3) is 0 Å². The van der Waals surface area contributed by atoms with E-state index in [0.717, 1.165) is 32.8 Å². The Hall–Kier alpha value is -4.39. The predicted octanol–water partition coefficient (Wildman–Crippen LogP) is 9.34. The molecule has 0 saturated carbocycles. The highest BCUT2D eigenvalue weighted by Gasteiger charge is 2.21. The van der Waals surface area contributed by atoms with Gasteiger partial charge >= 0.3 is 0 Å². The van der Waals surface area contributed by atoms with E-state index in [-0.39, 0.29) is 29.2 Å². The Morgan fingerprint density at radius 1 is 0.923 bits per heavy atom.